The molecule has 0 saturated heterocycles. The average molecular weight is 168 g/mol. The minimum absolute atomic E-state index is 0.00523. The van der Waals surface area contributed by atoms with Crippen LogP contribution in [0.3, 0.4) is 0 Å². The number of hydrogen-bond acceptors (Lipinski definition) is 5. The Labute approximate surface area is 68.8 Å². The Morgan fingerprint density at radius 2 is 2.67 bits per heavy atom. The van der Waals surface area contributed by atoms with Gasteiger partial charge in [0.1, 0.15) is 6.61 Å². The Bertz CT molecular complexity index is 293. The molecule has 0 bridgehead atoms. The molecule has 0 radical (unpaired) electrons. The van der Waals surface area contributed by atoms with E-state index < -0.39 is 5.97 Å². The number of hydrogen-bond donors (Lipinski definition) is 1. The van der Waals surface area contributed by atoms with Crippen LogP contribution >= 0.6 is 0 Å². The van der Waals surface area contributed by atoms with Crippen molar-refractivity contribution in [2.75, 3.05) is 12.3 Å². The van der Waals surface area contributed by atoms with E-state index in [2.05, 4.69) is 21.0 Å². The molecule has 64 valence electrons. The highest BCUT2D eigenvalue weighted by Gasteiger charge is 2.11. The second-order valence-electron chi connectivity index (χ2n) is 2.00. The number of esters is 1. The molecular weight excluding hydrogens is 160 g/mol. The van der Waals surface area contributed by atoms with Crippen molar-refractivity contribution in [3.05, 3.63) is 24.5 Å². The highest BCUT2D eigenvalue weighted by molar-refractivity contribution is 5.86. The van der Waals surface area contributed by atoms with Gasteiger partial charge in [0.15, 0.2) is 5.82 Å². The molecule has 0 unspecified atom stereocenters. The first-order valence-corrected chi connectivity index (χ1v) is 3.24. The molecule has 1 heterocycles. The van der Waals surface area contributed by atoms with Gasteiger partial charge in [-0.1, -0.05) is 17.8 Å². The summed E-state index contributed by atoms with van der Waals surface area (Å²) in [6.45, 7) is 3.52. The van der Waals surface area contributed by atoms with Crippen molar-refractivity contribution in [3.8, 4) is 0 Å². The lowest BCUT2D eigenvalue weighted by atomic mass is 10.4. The highest BCUT2D eigenvalue weighted by Crippen LogP contribution is 2.05. The largest absolute Gasteiger partial charge is 0.456 e. The topological polar surface area (TPSA) is 78.4 Å². The van der Waals surface area contributed by atoms with Gasteiger partial charge in [0, 0.05) is 6.07 Å². The molecule has 0 aliphatic rings. The van der Waals surface area contributed by atoms with E-state index in [4.69, 9.17) is 5.73 Å². The standard InChI is InChI=1S/C7H8N2O3/c1-2-3-11-7(10)5-4-6(8)9-12-5/h2,4H,1,3H2,(H2,8,9). The molecule has 1 aromatic rings. The third-order valence-electron chi connectivity index (χ3n) is 1.06. The molecule has 0 saturated carbocycles. The van der Waals surface area contributed by atoms with Gasteiger partial charge in [0.25, 0.3) is 0 Å². The number of nitrogens with two attached hydrogens (primary N) is 1. The highest BCUT2D eigenvalue weighted by atomic mass is 16.6. The predicted octanol–water partition coefficient (Wildman–Crippen LogP) is 0.600. The molecule has 1 rings (SSSR count). The molecule has 5 heteroatoms. The summed E-state index contributed by atoms with van der Waals surface area (Å²) in [5.74, 6) is -0.450. The van der Waals surface area contributed by atoms with E-state index in [1.807, 2.05) is 0 Å². The van der Waals surface area contributed by atoms with Crippen LogP contribution in [0.25, 0.3) is 0 Å². The second kappa shape index (κ2) is 3.56. The molecule has 12 heavy (non-hydrogen) atoms. The number of ether oxygens (including phenoxy) is 1. The molecular formula is C7H8N2O3. The zero-order chi connectivity index (χ0) is 8.97. The third kappa shape index (κ3) is 1.85. The molecule has 0 spiro atoms. The maximum Gasteiger partial charge on any atom is 0.377 e. The summed E-state index contributed by atoms with van der Waals surface area (Å²) >= 11 is 0. The van der Waals surface area contributed by atoms with Crippen molar-refractivity contribution in [1.29, 1.82) is 0 Å². The van der Waals surface area contributed by atoms with Crippen molar-refractivity contribution < 1.29 is 14.1 Å². The Balaban J connectivity index is 2.59. The van der Waals surface area contributed by atoms with E-state index in [-0.39, 0.29) is 18.2 Å². The fraction of sp³-hybridized carbons (Fsp3) is 0.143. The van der Waals surface area contributed by atoms with Crippen LogP contribution in [0.5, 0.6) is 0 Å². The summed E-state index contributed by atoms with van der Waals surface area (Å²) in [4.78, 5) is 11.0. The van der Waals surface area contributed by atoms with E-state index in [1.54, 1.807) is 0 Å². The summed E-state index contributed by atoms with van der Waals surface area (Å²) < 4.78 is 9.18. The molecule has 0 fully saturated rings. The van der Waals surface area contributed by atoms with E-state index in [1.165, 1.54) is 12.1 Å². The number of anilines is 1. The number of carbonyl (C=O) groups excluding carboxylic acids is 1. The van der Waals surface area contributed by atoms with E-state index >= 15 is 0 Å². The number of aromatic nitrogens is 1. The van der Waals surface area contributed by atoms with E-state index in [9.17, 15) is 4.79 Å². The Morgan fingerprint density at radius 1 is 1.92 bits per heavy atom. The monoisotopic (exact) mass is 168 g/mol. The van der Waals surface area contributed by atoms with Crippen LogP contribution in [-0.2, 0) is 4.74 Å². The average Bonchev–Trinajstić information content (AvgIpc) is 2.47. The molecule has 0 atom stereocenters. The Morgan fingerprint density at radius 3 is 3.17 bits per heavy atom. The first-order valence-electron chi connectivity index (χ1n) is 3.24. The Kier molecular flexibility index (Phi) is 2.47. The minimum Gasteiger partial charge on any atom is -0.456 e. The first kappa shape index (κ1) is 8.32. The van der Waals surface area contributed by atoms with Gasteiger partial charge in [-0.25, -0.2) is 4.79 Å². The van der Waals surface area contributed by atoms with Crippen molar-refractivity contribution >= 4 is 11.8 Å². The van der Waals surface area contributed by atoms with Crippen molar-refractivity contribution in [2.45, 2.75) is 0 Å². The summed E-state index contributed by atoms with van der Waals surface area (Å²) in [7, 11) is 0. The molecule has 2 N–H and O–H groups in total. The predicted molar refractivity (Wildman–Crippen MR) is 41.4 cm³/mol. The Hall–Kier alpha value is -1.78. The number of nitrogen functional groups attached to an aromatic ring is 1. The fourth-order valence-electron chi connectivity index (χ4n) is 0.591. The first-order chi connectivity index (χ1) is 5.74. The smallest absolute Gasteiger partial charge is 0.377 e. The molecule has 1 aromatic heterocycles. The summed E-state index contributed by atoms with van der Waals surface area (Å²) in [5.41, 5.74) is 5.21. The third-order valence-corrected chi connectivity index (χ3v) is 1.06. The van der Waals surface area contributed by atoms with E-state index in [0.29, 0.717) is 0 Å². The minimum atomic E-state index is -0.598. The van der Waals surface area contributed by atoms with E-state index in [0.717, 1.165) is 0 Å². The zero-order valence-electron chi connectivity index (χ0n) is 6.32. The molecule has 5 nitrogen and oxygen atoms in total. The summed E-state index contributed by atoms with van der Waals surface area (Å²) in [5, 5.41) is 3.32. The zero-order valence-corrected chi connectivity index (χ0v) is 6.32. The van der Waals surface area contributed by atoms with Crippen LogP contribution in [-0.4, -0.2) is 17.7 Å². The lowest BCUT2D eigenvalue weighted by molar-refractivity contribution is 0.0503. The van der Waals surface area contributed by atoms with Crippen LogP contribution in [0.1, 0.15) is 10.6 Å². The molecule has 0 aliphatic carbocycles. The SMILES string of the molecule is C=CCOC(=O)c1cc(N)no1. The van der Waals surface area contributed by atoms with Gasteiger partial charge in [0.05, 0.1) is 0 Å². The van der Waals surface area contributed by atoms with Crippen LogP contribution < -0.4 is 5.73 Å². The maximum absolute atomic E-state index is 11.0. The van der Waals surface area contributed by atoms with Crippen molar-refractivity contribution in [2.24, 2.45) is 0 Å². The van der Waals surface area contributed by atoms with Gasteiger partial charge < -0.3 is 15.0 Å². The lowest BCUT2D eigenvalue weighted by Crippen LogP contribution is -2.03. The molecule has 0 amide bonds. The normalized spacial score (nSPS) is 9.33. The van der Waals surface area contributed by atoms with Crippen LogP contribution in [0.15, 0.2) is 23.2 Å². The van der Waals surface area contributed by atoms with Crippen molar-refractivity contribution in [3.63, 3.8) is 0 Å². The molecule has 0 aromatic carbocycles. The summed E-state index contributed by atoms with van der Waals surface area (Å²) in [6.07, 6.45) is 1.46. The molecule has 0 aliphatic heterocycles. The van der Waals surface area contributed by atoms with Gasteiger partial charge in [0.2, 0.25) is 5.76 Å². The van der Waals surface area contributed by atoms with Gasteiger partial charge in [-0.3, -0.25) is 0 Å². The lowest BCUT2D eigenvalue weighted by Gasteiger charge is -1.94. The van der Waals surface area contributed by atoms with Gasteiger partial charge in [-0.15, -0.1) is 0 Å². The number of nitrogens with zero attached hydrogens (tertiary/aromatic N) is 1. The van der Waals surface area contributed by atoms with Gasteiger partial charge in [-0.05, 0) is 0 Å². The summed E-state index contributed by atoms with van der Waals surface area (Å²) in [6, 6.07) is 1.30. The number of carbonyl (C=O) groups is 1. The fourth-order valence-corrected chi connectivity index (χ4v) is 0.591. The quantitative estimate of drug-likeness (QED) is 0.528. The van der Waals surface area contributed by atoms with Gasteiger partial charge in [-0.2, -0.15) is 0 Å². The van der Waals surface area contributed by atoms with Gasteiger partial charge >= 0.3 is 5.97 Å². The van der Waals surface area contributed by atoms with Crippen molar-refractivity contribution in [1.82, 2.24) is 5.16 Å². The maximum atomic E-state index is 11.0. The number of rotatable bonds is 3. The second-order valence-corrected chi connectivity index (χ2v) is 2.00. The van der Waals surface area contributed by atoms with Crippen LogP contribution in [0, 0.1) is 0 Å². The van der Waals surface area contributed by atoms with Crippen LogP contribution in [0.2, 0.25) is 0 Å². The van der Waals surface area contributed by atoms with Crippen LogP contribution in [0.4, 0.5) is 5.82 Å².